The minimum absolute atomic E-state index is 0.0388. The summed E-state index contributed by atoms with van der Waals surface area (Å²) in [5.74, 6) is -1.14. The van der Waals surface area contributed by atoms with Gasteiger partial charge < -0.3 is 14.7 Å². The highest BCUT2D eigenvalue weighted by Gasteiger charge is 2.28. The monoisotopic (exact) mass is 433 g/mol. The lowest BCUT2D eigenvalue weighted by molar-refractivity contribution is -0.136. The van der Waals surface area contributed by atoms with Crippen LogP contribution < -0.4 is 9.64 Å². The normalized spacial score (nSPS) is 12.5. The zero-order chi connectivity index (χ0) is 22.7. The Labute approximate surface area is 186 Å². The number of hydrogen-bond acceptors (Lipinski definition) is 3. The van der Waals surface area contributed by atoms with Crippen LogP contribution in [0.5, 0.6) is 5.75 Å². The summed E-state index contributed by atoms with van der Waals surface area (Å²) < 4.78 is 20.2. The van der Waals surface area contributed by atoms with Crippen LogP contribution >= 0.6 is 0 Å². The van der Waals surface area contributed by atoms with Gasteiger partial charge in [-0.1, -0.05) is 42.5 Å². The second-order valence-electron chi connectivity index (χ2n) is 7.88. The number of ether oxygens (including phenoxy) is 1. The second-order valence-corrected chi connectivity index (χ2v) is 7.88. The Balaban J connectivity index is 1.53. The van der Waals surface area contributed by atoms with E-state index in [-0.39, 0.29) is 25.4 Å². The molecular weight excluding hydrogens is 409 g/mol. The molecule has 0 bridgehead atoms. The van der Waals surface area contributed by atoms with Crippen LogP contribution in [0, 0.1) is 12.7 Å². The molecule has 3 aromatic carbocycles. The Bertz CT molecular complexity index is 1170. The Morgan fingerprint density at radius 2 is 1.88 bits per heavy atom. The van der Waals surface area contributed by atoms with Crippen molar-refractivity contribution in [1.29, 1.82) is 0 Å². The molecule has 1 heterocycles. The van der Waals surface area contributed by atoms with Crippen molar-refractivity contribution in [2.24, 2.45) is 0 Å². The number of fused-ring (bicyclic) bond motifs is 1. The lowest BCUT2D eigenvalue weighted by Crippen LogP contribution is -2.30. The molecule has 1 aliphatic rings. The topological polar surface area (TPSA) is 66.8 Å². The van der Waals surface area contributed by atoms with Gasteiger partial charge in [-0.15, -0.1) is 0 Å². The summed E-state index contributed by atoms with van der Waals surface area (Å²) >= 11 is 0. The molecule has 0 spiro atoms. The van der Waals surface area contributed by atoms with Gasteiger partial charge in [0.25, 0.3) is 5.91 Å². The van der Waals surface area contributed by atoms with E-state index in [0.717, 1.165) is 28.8 Å². The largest absolute Gasteiger partial charge is 0.489 e. The Morgan fingerprint density at radius 3 is 2.62 bits per heavy atom. The fraction of sp³-hybridized carbons (Fsp3) is 0.231. The fourth-order valence-corrected chi connectivity index (χ4v) is 4.04. The SMILES string of the molecule is Cc1ccccc1C(=O)N1CCc2cccc(COc3ccc(CCC(=O)O)c(F)c3)c21. The van der Waals surface area contributed by atoms with E-state index in [4.69, 9.17) is 9.84 Å². The van der Waals surface area contributed by atoms with Crippen molar-refractivity contribution in [2.75, 3.05) is 11.4 Å². The lowest BCUT2D eigenvalue weighted by Gasteiger charge is -2.21. The maximum absolute atomic E-state index is 14.3. The molecule has 6 heteroatoms. The first kappa shape index (κ1) is 21.6. The predicted molar refractivity (Wildman–Crippen MR) is 120 cm³/mol. The summed E-state index contributed by atoms with van der Waals surface area (Å²) in [5, 5.41) is 8.78. The van der Waals surface area contributed by atoms with Crippen molar-refractivity contribution < 1.29 is 23.8 Å². The molecule has 0 fully saturated rings. The number of carboxylic acids is 1. The minimum Gasteiger partial charge on any atom is -0.489 e. The number of carboxylic acid groups (broad SMARTS) is 1. The molecule has 4 rings (SSSR count). The zero-order valence-corrected chi connectivity index (χ0v) is 17.8. The summed E-state index contributed by atoms with van der Waals surface area (Å²) in [6.07, 6.45) is 0.773. The average Bonchev–Trinajstić information content (AvgIpc) is 3.21. The van der Waals surface area contributed by atoms with E-state index in [2.05, 4.69) is 0 Å². The van der Waals surface area contributed by atoms with E-state index in [1.54, 1.807) is 17.0 Å². The number of aliphatic carboxylic acids is 1. The van der Waals surface area contributed by atoms with E-state index < -0.39 is 11.8 Å². The van der Waals surface area contributed by atoms with E-state index in [9.17, 15) is 14.0 Å². The van der Waals surface area contributed by atoms with Crippen LogP contribution in [0.15, 0.2) is 60.7 Å². The van der Waals surface area contributed by atoms with Crippen LogP contribution in [-0.4, -0.2) is 23.5 Å². The number of rotatable bonds is 7. The van der Waals surface area contributed by atoms with E-state index in [1.807, 2.05) is 49.4 Å². The third kappa shape index (κ3) is 4.49. The van der Waals surface area contributed by atoms with Crippen molar-refractivity contribution in [3.63, 3.8) is 0 Å². The lowest BCUT2D eigenvalue weighted by atomic mass is 10.1. The molecule has 1 aliphatic heterocycles. The average molecular weight is 433 g/mol. The molecule has 0 saturated heterocycles. The number of aryl methyl sites for hydroxylation is 2. The molecule has 1 N–H and O–H groups in total. The van der Waals surface area contributed by atoms with Crippen molar-refractivity contribution >= 4 is 17.6 Å². The molecule has 0 aliphatic carbocycles. The maximum Gasteiger partial charge on any atom is 0.303 e. The number of nitrogens with zero attached hydrogens (tertiary/aromatic N) is 1. The van der Waals surface area contributed by atoms with Crippen LogP contribution in [-0.2, 0) is 24.2 Å². The molecular formula is C26H24FNO4. The zero-order valence-electron chi connectivity index (χ0n) is 17.8. The quantitative estimate of drug-likeness (QED) is 0.574. The minimum atomic E-state index is -0.965. The molecule has 0 radical (unpaired) electrons. The first-order valence-electron chi connectivity index (χ1n) is 10.6. The van der Waals surface area contributed by atoms with E-state index in [0.29, 0.717) is 23.4 Å². The van der Waals surface area contributed by atoms with Gasteiger partial charge in [0.05, 0.1) is 5.69 Å². The molecule has 5 nitrogen and oxygen atoms in total. The highest BCUT2D eigenvalue weighted by atomic mass is 19.1. The number of anilines is 1. The summed E-state index contributed by atoms with van der Waals surface area (Å²) in [6.45, 7) is 2.72. The summed E-state index contributed by atoms with van der Waals surface area (Å²) in [7, 11) is 0. The number of hydrogen-bond donors (Lipinski definition) is 1. The first-order valence-corrected chi connectivity index (χ1v) is 10.6. The number of halogens is 1. The number of amides is 1. The summed E-state index contributed by atoms with van der Waals surface area (Å²) in [5.41, 5.74) is 4.75. The van der Waals surface area contributed by atoms with Gasteiger partial charge in [0.15, 0.2) is 0 Å². The van der Waals surface area contributed by atoms with Crippen molar-refractivity contribution in [1.82, 2.24) is 0 Å². The Morgan fingerprint density at radius 1 is 1.06 bits per heavy atom. The van der Waals surface area contributed by atoms with E-state index >= 15 is 0 Å². The van der Waals surface area contributed by atoms with Crippen molar-refractivity contribution in [2.45, 2.75) is 32.8 Å². The van der Waals surface area contributed by atoms with Crippen LogP contribution in [0.1, 0.15) is 39.0 Å². The third-order valence-corrected chi connectivity index (χ3v) is 5.73. The molecule has 0 saturated carbocycles. The van der Waals surface area contributed by atoms with Gasteiger partial charge in [0.2, 0.25) is 0 Å². The molecule has 0 unspecified atom stereocenters. The Kier molecular flexibility index (Phi) is 6.21. The number of benzene rings is 3. The highest BCUT2D eigenvalue weighted by Crippen LogP contribution is 2.34. The standard InChI is InChI=1S/C26H24FNO4/c1-17-5-2-3-8-22(17)26(31)28-14-13-19-6-4-7-20(25(19)28)16-32-21-11-9-18(23(27)15-21)10-12-24(29)30/h2-9,11,15H,10,12-14,16H2,1H3,(H,29,30). The van der Waals surface area contributed by atoms with Gasteiger partial charge in [-0.2, -0.15) is 0 Å². The van der Waals surface area contributed by atoms with Crippen LogP contribution in [0.3, 0.4) is 0 Å². The predicted octanol–water partition coefficient (Wildman–Crippen LogP) is 4.93. The molecule has 0 aromatic heterocycles. The molecule has 32 heavy (non-hydrogen) atoms. The van der Waals surface area contributed by atoms with Gasteiger partial charge in [0.1, 0.15) is 18.2 Å². The van der Waals surface area contributed by atoms with Crippen LogP contribution in [0.4, 0.5) is 10.1 Å². The first-order chi connectivity index (χ1) is 15.4. The number of carbonyl (C=O) groups is 2. The number of carbonyl (C=O) groups excluding carboxylic acids is 1. The van der Waals surface area contributed by atoms with Gasteiger partial charge in [-0.05, 0) is 48.6 Å². The van der Waals surface area contributed by atoms with Gasteiger partial charge >= 0.3 is 5.97 Å². The third-order valence-electron chi connectivity index (χ3n) is 5.73. The van der Waals surface area contributed by atoms with E-state index in [1.165, 1.54) is 6.07 Å². The maximum atomic E-state index is 14.3. The molecule has 164 valence electrons. The Hall–Kier alpha value is -3.67. The fourth-order valence-electron chi connectivity index (χ4n) is 4.04. The molecule has 1 amide bonds. The van der Waals surface area contributed by atoms with Crippen LogP contribution in [0.2, 0.25) is 0 Å². The van der Waals surface area contributed by atoms with Gasteiger partial charge in [-0.25, -0.2) is 4.39 Å². The second kappa shape index (κ2) is 9.22. The van der Waals surface area contributed by atoms with Gasteiger partial charge in [0, 0.05) is 30.2 Å². The smallest absolute Gasteiger partial charge is 0.303 e. The molecule has 0 atom stereocenters. The number of para-hydroxylation sites is 1. The molecule has 3 aromatic rings. The highest BCUT2D eigenvalue weighted by molar-refractivity contribution is 6.08. The van der Waals surface area contributed by atoms with Crippen molar-refractivity contribution in [3.8, 4) is 5.75 Å². The van der Waals surface area contributed by atoms with Crippen LogP contribution in [0.25, 0.3) is 0 Å². The van der Waals surface area contributed by atoms with Crippen molar-refractivity contribution in [3.05, 3.63) is 94.3 Å². The van der Waals surface area contributed by atoms with Gasteiger partial charge in [-0.3, -0.25) is 9.59 Å². The summed E-state index contributed by atoms with van der Waals surface area (Å²) in [4.78, 5) is 25.8. The summed E-state index contributed by atoms with van der Waals surface area (Å²) in [6, 6.07) is 17.9.